The molecule has 1 amide bonds. The van der Waals surface area contributed by atoms with Gasteiger partial charge in [0.15, 0.2) is 6.61 Å². The maximum atomic E-state index is 12.0. The molecule has 27 heavy (non-hydrogen) atoms. The van der Waals surface area contributed by atoms with Gasteiger partial charge in [0, 0.05) is 22.7 Å². The van der Waals surface area contributed by atoms with Gasteiger partial charge in [0.1, 0.15) is 5.75 Å². The Morgan fingerprint density at radius 3 is 2.85 bits per heavy atom. The average Bonchev–Trinajstić information content (AvgIpc) is 3.14. The SMILES string of the molecule is CC(O)CNC(=O)c1cccc(OCc2nnc(-c3cccc(Cl)c3)o2)c1. The van der Waals surface area contributed by atoms with Crippen molar-refractivity contribution in [1.82, 2.24) is 15.5 Å². The van der Waals surface area contributed by atoms with Crippen molar-refractivity contribution < 1.29 is 19.1 Å². The number of hydrogen-bond donors (Lipinski definition) is 2. The van der Waals surface area contributed by atoms with Crippen molar-refractivity contribution in [3.05, 3.63) is 65.0 Å². The first-order chi connectivity index (χ1) is 13.0. The highest BCUT2D eigenvalue weighted by atomic mass is 35.5. The van der Waals surface area contributed by atoms with Crippen molar-refractivity contribution >= 4 is 17.5 Å². The van der Waals surface area contributed by atoms with E-state index in [1.54, 1.807) is 49.4 Å². The predicted octanol–water partition coefficient (Wildman–Crippen LogP) is 3.08. The Kier molecular flexibility index (Phi) is 6.05. The van der Waals surface area contributed by atoms with Crippen LogP contribution < -0.4 is 10.1 Å². The first-order valence-electron chi connectivity index (χ1n) is 8.29. The molecule has 7 nitrogen and oxygen atoms in total. The molecule has 0 aliphatic rings. The Bertz CT molecular complexity index is 927. The summed E-state index contributed by atoms with van der Waals surface area (Å²) in [6, 6.07) is 13.8. The molecule has 1 heterocycles. The third-order valence-corrected chi connectivity index (χ3v) is 3.79. The minimum absolute atomic E-state index is 0.0618. The third-order valence-electron chi connectivity index (χ3n) is 3.55. The average molecular weight is 388 g/mol. The summed E-state index contributed by atoms with van der Waals surface area (Å²) in [4.78, 5) is 12.0. The molecule has 140 valence electrons. The summed E-state index contributed by atoms with van der Waals surface area (Å²) in [7, 11) is 0. The topological polar surface area (TPSA) is 97.5 Å². The zero-order valence-electron chi connectivity index (χ0n) is 14.6. The highest BCUT2D eigenvalue weighted by Gasteiger charge is 2.11. The van der Waals surface area contributed by atoms with Crippen LogP contribution in [-0.2, 0) is 6.61 Å². The third kappa shape index (κ3) is 5.29. The van der Waals surface area contributed by atoms with Crippen LogP contribution in [0.2, 0.25) is 5.02 Å². The Hall–Kier alpha value is -2.90. The molecule has 1 atom stereocenters. The van der Waals surface area contributed by atoms with Crippen LogP contribution in [0.1, 0.15) is 23.2 Å². The fraction of sp³-hybridized carbons (Fsp3) is 0.211. The predicted molar refractivity (Wildman–Crippen MR) is 99.5 cm³/mol. The monoisotopic (exact) mass is 387 g/mol. The number of ether oxygens (including phenoxy) is 1. The Balaban J connectivity index is 1.62. The van der Waals surface area contributed by atoms with Gasteiger partial charge in [0.25, 0.3) is 11.8 Å². The number of nitrogens with one attached hydrogen (secondary N) is 1. The standard InChI is InChI=1S/C19H18ClN3O4/c1-12(24)10-21-18(25)13-4-3-7-16(9-13)26-11-17-22-23-19(27-17)14-5-2-6-15(20)8-14/h2-9,12,24H,10-11H2,1H3,(H,21,25). The van der Waals surface area contributed by atoms with E-state index in [2.05, 4.69) is 15.5 Å². The molecule has 3 rings (SSSR count). The van der Waals surface area contributed by atoms with Gasteiger partial charge in [-0.15, -0.1) is 10.2 Å². The molecule has 0 spiro atoms. The second-order valence-electron chi connectivity index (χ2n) is 5.89. The smallest absolute Gasteiger partial charge is 0.254 e. The normalized spacial score (nSPS) is 11.8. The van der Waals surface area contributed by atoms with Crippen LogP contribution in [0, 0.1) is 0 Å². The summed E-state index contributed by atoms with van der Waals surface area (Å²) in [5.74, 6) is 0.848. The van der Waals surface area contributed by atoms with Gasteiger partial charge in [0.05, 0.1) is 6.10 Å². The van der Waals surface area contributed by atoms with Crippen LogP contribution in [0.3, 0.4) is 0 Å². The maximum absolute atomic E-state index is 12.0. The minimum Gasteiger partial charge on any atom is -0.484 e. The number of aromatic nitrogens is 2. The lowest BCUT2D eigenvalue weighted by Gasteiger charge is -2.08. The summed E-state index contributed by atoms with van der Waals surface area (Å²) in [5, 5.41) is 20.4. The maximum Gasteiger partial charge on any atom is 0.254 e. The number of aliphatic hydroxyl groups excluding tert-OH is 1. The van der Waals surface area contributed by atoms with Crippen molar-refractivity contribution in [3.8, 4) is 17.2 Å². The van der Waals surface area contributed by atoms with E-state index >= 15 is 0 Å². The van der Waals surface area contributed by atoms with E-state index in [0.29, 0.717) is 28.1 Å². The molecular formula is C19H18ClN3O4. The summed E-state index contributed by atoms with van der Waals surface area (Å²) >= 11 is 5.96. The number of benzene rings is 2. The van der Waals surface area contributed by atoms with Gasteiger partial charge < -0.3 is 19.6 Å². The molecule has 0 fully saturated rings. The van der Waals surface area contributed by atoms with Crippen molar-refractivity contribution in [1.29, 1.82) is 0 Å². The molecule has 2 N–H and O–H groups in total. The fourth-order valence-electron chi connectivity index (χ4n) is 2.26. The van der Waals surface area contributed by atoms with E-state index in [-0.39, 0.29) is 19.1 Å². The van der Waals surface area contributed by atoms with Crippen molar-refractivity contribution in [2.75, 3.05) is 6.54 Å². The molecule has 0 aliphatic carbocycles. The molecule has 0 radical (unpaired) electrons. The number of carbonyl (C=O) groups is 1. The van der Waals surface area contributed by atoms with Crippen LogP contribution in [0.4, 0.5) is 0 Å². The molecule has 1 unspecified atom stereocenters. The molecule has 1 aromatic heterocycles. The zero-order chi connectivity index (χ0) is 19.2. The summed E-state index contributed by atoms with van der Waals surface area (Å²) < 4.78 is 11.2. The van der Waals surface area contributed by atoms with Gasteiger partial charge in [-0.05, 0) is 43.3 Å². The molecule has 2 aromatic carbocycles. The molecule has 3 aromatic rings. The zero-order valence-corrected chi connectivity index (χ0v) is 15.3. The second kappa shape index (κ2) is 8.66. The van der Waals surface area contributed by atoms with Crippen molar-refractivity contribution in [3.63, 3.8) is 0 Å². The number of aliphatic hydroxyl groups is 1. The highest BCUT2D eigenvalue weighted by Crippen LogP contribution is 2.22. The number of rotatable bonds is 7. The molecule has 0 aliphatic heterocycles. The largest absolute Gasteiger partial charge is 0.484 e. The lowest BCUT2D eigenvalue weighted by molar-refractivity contribution is 0.0923. The number of hydrogen-bond acceptors (Lipinski definition) is 6. The second-order valence-corrected chi connectivity index (χ2v) is 6.32. The van der Waals surface area contributed by atoms with Gasteiger partial charge in [-0.2, -0.15) is 0 Å². The Morgan fingerprint density at radius 2 is 2.07 bits per heavy atom. The fourth-order valence-corrected chi connectivity index (χ4v) is 2.46. The van der Waals surface area contributed by atoms with Crippen LogP contribution in [0.25, 0.3) is 11.5 Å². The van der Waals surface area contributed by atoms with Gasteiger partial charge >= 0.3 is 0 Å². The molecule has 8 heteroatoms. The van der Waals surface area contributed by atoms with Crippen molar-refractivity contribution in [2.45, 2.75) is 19.6 Å². The highest BCUT2D eigenvalue weighted by molar-refractivity contribution is 6.30. The van der Waals surface area contributed by atoms with E-state index < -0.39 is 6.10 Å². The van der Waals surface area contributed by atoms with E-state index in [1.165, 1.54) is 0 Å². The number of amides is 1. The lowest BCUT2D eigenvalue weighted by atomic mass is 10.2. The van der Waals surface area contributed by atoms with Crippen molar-refractivity contribution in [2.24, 2.45) is 0 Å². The molecular weight excluding hydrogens is 370 g/mol. The number of halogens is 1. The summed E-state index contributed by atoms with van der Waals surface area (Å²) in [6.45, 7) is 1.84. The first kappa shape index (κ1) is 18.9. The number of carbonyl (C=O) groups excluding carboxylic acids is 1. The van der Waals surface area contributed by atoms with Crippen LogP contribution in [-0.4, -0.2) is 33.9 Å². The van der Waals surface area contributed by atoms with E-state index in [1.807, 2.05) is 6.07 Å². The Labute approximate surface area is 160 Å². The first-order valence-corrected chi connectivity index (χ1v) is 8.66. The minimum atomic E-state index is -0.611. The molecule has 0 saturated carbocycles. The van der Waals surface area contributed by atoms with E-state index in [0.717, 1.165) is 5.56 Å². The number of nitrogens with zero attached hydrogens (tertiary/aromatic N) is 2. The van der Waals surface area contributed by atoms with Crippen LogP contribution in [0.15, 0.2) is 52.9 Å². The van der Waals surface area contributed by atoms with Gasteiger partial charge in [-0.25, -0.2) is 0 Å². The Morgan fingerprint density at radius 1 is 1.26 bits per heavy atom. The molecule has 0 saturated heterocycles. The quantitative estimate of drug-likeness (QED) is 0.646. The summed E-state index contributed by atoms with van der Waals surface area (Å²) in [6.07, 6.45) is -0.611. The van der Waals surface area contributed by atoms with Crippen LogP contribution in [0.5, 0.6) is 5.75 Å². The van der Waals surface area contributed by atoms with Crippen LogP contribution >= 0.6 is 11.6 Å². The van der Waals surface area contributed by atoms with Gasteiger partial charge in [-0.3, -0.25) is 4.79 Å². The molecule has 0 bridgehead atoms. The lowest BCUT2D eigenvalue weighted by Crippen LogP contribution is -2.30. The van der Waals surface area contributed by atoms with E-state index in [4.69, 9.17) is 20.8 Å². The van der Waals surface area contributed by atoms with Gasteiger partial charge in [0.2, 0.25) is 5.89 Å². The van der Waals surface area contributed by atoms with Gasteiger partial charge in [-0.1, -0.05) is 23.7 Å². The summed E-state index contributed by atoms with van der Waals surface area (Å²) in [5.41, 5.74) is 1.15. The van der Waals surface area contributed by atoms with E-state index in [9.17, 15) is 9.90 Å².